The van der Waals surface area contributed by atoms with Gasteiger partial charge in [-0.25, -0.2) is 0 Å². The molecule has 3 atom stereocenters. The Morgan fingerprint density at radius 3 is 2.61 bits per heavy atom. The maximum Gasteiger partial charge on any atom is 0.0901 e. The molecule has 96 valence electrons. The van der Waals surface area contributed by atoms with Crippen molar-refractivity contribution in [3.63, 3.8) is 0 Å². The Morgan fingerprint density at radius 1 is 1.39 bits per heavy atom. The van der Waals surface area contributed by atoms with Crippen molar-refractivity contribution in [1.29, 1.82) is 0 Å². The van der Waals surface area contributed by atoms with Crippen LogP contribution in [0.2, 0.25) is 0 Å². The molecule has 0 spiro atoms. The van der Waals surface area contributed by atoms with Crippen molar-refractivity contribution in [1.82, 2.24) is 0 Å². The third kappa shape index (κ3) is 2.56. The maximum absolute atomic E-state index is 6.30. The van der Waals surface area contributed by atoms with Crippen LogP contribution in [-0.4, -0.2) is 5.60 Å². The molecule has 1 nitrogen and oxygen atoms in total. The quantitative estimate of drug-likeness (QED) is 0.700. The zero-order chi connectivity index (χ0) is 13.2. The van der Waals surface area contributed by atoms with Crippen molar-refractivity contribution in [3.8, 4) is 0 Å². The van der Waals surface area contributed by atoms with E-state index < -0.39 is 0 Å². The van der Waals surface area contributed by atoms with Crippen molar-refractivity contribution >= 4 is 0 Å². The zero-order valence-electron chi connectivity index (χ0n) is 11.4. The van der Waals surface area contributed by atoms with Gasteiger partial charge in [0.2, 0.25) is 0 Å². The van der Waals surface area contributed by atoms with Gasteiger partial charge in [-0.2, -0.15) is 0 Å². The van der Waals surface area contributed by atoms with Crippen LogP contribution in [0.3, 0.4) is 0 Å². The molecule has 1 fully saturated rings. The predicted molar refractivity (Wildman–Crippen MR) is 76.4 cm³/mol. The van der Waals surface area contributed by atoms with Crippen molar-refractivity contribution in [3.05, 3.63) is 60.7 Å². The number of ether oxygens (including phenoxy) is 1. The van der Waals surface area contributed by atoms with Crippen LogP contribution >= 0.6 is 0 Å². The van der Waals surface area contributed by atoms with Crippen LogP contribution < -0.4 is 0 Å². The Bertz CT molecular complexity index is 434. The lowest BCUT2D eigenvalue weighted by molar-refractivity contribution is -0.112. The van der Waals surface area contributed by atoms with Crippen molar-refractivity contribution in [2.45, 2.75) is 38.4 Å². The van der Waals surface area contributed by atoms with Crippen molar-refractivity contribution in [2.75, 3.05) is 0 Å². The van der Waals surface area contributed by atoms with Gasteiger partial charge in [-0.15, -0.1) is 6.58 Å². The summed E-state index contributed by atoms with van der Waals surface area (Å²) in [5.74, 6) is 0.403. The van der Waals surface area contributed by atoms with E-state index in [1.54, 1.807) is 0 Å². The monoisotopic (exact) mass is 242 g/mol. The minimum atomic E-state index is -0.216. The first-order chi connectivity index (χ1) is 8.56. The molecule has 0 N–H and O–H groups in total. The Hall–Kier alpha value is -1.34. The summed E-state index contributed by atoms with van der Waals surface area (Å²) in [6.07, 6.45) is 4.15. The first-order valence-corrected chi connectivity index (χ1v) is 6.57. The molecular weight excluding hydrogens is 220 g/mol. The normalized spacial score (nSPS) is 31.9. The summed E-state index contributed by atoms with van der Waals surface area (Å²) in [6, 6.07) is 10.4. The first kappa shape index (κ1) is 13.1. The molecular formula is C17H22O. The van der Waals surface area contributed by atoms with Gasteiger partial charge in [-0.3, -0.25) is 0 Å². The molecule has 1 heterocycles. The highest BCUT2D eigenvalue weighted by Gasteiger charge is 2.37. The minimum absolute atomic E-state index is 0.0976. The van der Waals surface area contributed by atoms with Gasteiger partial charge in [-0.05, 0) is 32.3 Å². The fraction of sp³-hybridized carbons (Fsp3) is 0.412. The van der Waals surface area contributed by atoms with E-state index in [2.05, 4.69) is 51.3 Å². The van der Waals surface area contributed by atoms with Crippen LogP contribution in [0.15, 0.2) is 55.1 Å². The molecule has 0 amide bonds. The van der Waals surface area contributed by atoms with E-state index >= 15 is 0 Å². The summed E-state index contributed by atoms with van der Waals surface area (Å²) < 4.78 is 6.30. The van der Waals surface area contributed by atoms with E-state index in [1.165, 1.54) is 11.1 Å². The van der Waals surface area contributed by atoms with Gasteiger partial charge >= 0.3 is 0 Å². The summed E-state index contributed by atoms with van der Waals surface area (Å²) in [5, 5.41) is 0. The summed E-state index contributed by atoms with van der Waals surface area (Å²) in [5.41, 5.74) is 2.22. The molecule has 1 aliphatic heterocycles. The summed E-state index contributed by atoms with van der Waals surface area (Å²) in [6.45, 7) is 12.2. The largest absolute Gasteiger partial charge is 0.363 e. The van der Waals surface area contributed by atoms with Crippen molar-refractivity contribution < 1.29 is 4.74 Å². The Kier molecular flexibility index (Phi) is 3.72. The first-order valence-electron chi connectivity index (χ1n) is 6.57. The van der Waals surface area contributed by atoms with E-state index in [9.17, 15) is 0 Å². The Balaban J connectivity index is 2.31. The molecule has 2 rings (SSSR count). The average molecular weight is 242 g/mol. The molecule has 18 heavy (non-hydrogen) atoms. The SMILES string of the molecule is C=C[C@]1(C)CC[C@@H](C(=C)C)[C@H](c2ccccc2)O1. The molecule has 0 radical (unpaired) electrons. The second-order valence-corrected chi connectivity index (χ2v) is 5.46. The summed E-state index contributed by atoms with van der Waals surface area (Å²) >= 11 is 0. The lowest BCUT2D eigenvalue weighted by Gasteiger charge is -2.42. The van der Waals surface area contributed by atoms with Gasteiger partial charge in [0.25, 0.3) is 0 Å². The second kappa shape index (κ2) is 5.11. The van der Waals surface area contributed by atoms with Crippen LogP contribution in [0.5, 0.6) is 0 Å². The molecule has 0 bridgehead atoms. The highest BCUT2D eigenvalue weighted by atomic mass is 16.5. The fourth-order valence-corrected chi connectivity index (χ4v) is 2.62. The van der Waals surface area contributed by atoms with Crippen LogP contribution in [0.1, 0.15) is 38.4 Å². The predicted octanol–water partition coefficient (Wildman–Crippen LogP) is 4.68. The van der Waals surface area contributed by atoms with Gasteiger partial charge in [-0.1, -0.05) is 48.6 Å². The molecule has 1 heteroatoms. The molecule has 1 aliphatic rings. The lowest BCUT2D eigenvalue weighted by atomic mass is 9.80. The standard InChI is InChI=1S/C17H22O/c1-5-17(4)12-11-15(13(2)3)16(18-17)14-9-7-6-8-10-14/h5-10,15-16H,1-2,11-12H2,3-4H3/t15-,16-,17+/m0/s1. The van der Waals surface area contributed by atoms with E-state index in [1.807, 2.05) is 12.1 Å². The molecule has 0 aliphatic carbocycles. The Morgan fingerprint density at radius 2 is 2.06 bits per heavy atom. The van der Waals surface area contributed by atoms with E-state index in [4.69, 9.17) is 4.74 Å². The molecule has 0 saturated carbocycles. The van der Waals surface area contributed by atoms with Crippen LogP contribution in [0.25, 0.3) is 0 Å². The van der Waals surface area contributed by atoms with Gasteiger partial charge in [0.1, 0.15) is 0 Å². The van der Waals surface area contributed by atoms with E-state index in [0.29, 0.717) is 5.92 Å². The van der Waals surface area contributed by atoms with Gasteiger partial charge in [0, 0.05) is 5.92 Å². The molecule has 0 unspecified atom stereocenters. The van der Waals surface area contributed by atoms with Crippen LogP contribution in [0, 0.1) is 5.92 Å². The fourth-order valence-electron chi connectivity index (χ4n) is 2.62. The van der Waals surface area contributed by atoms with Crippen LogP contribution in [0.4, 0.5) is 0 Å². The smallest absolute Gasteiger partial charge is 0.0901 e. The minimum Gasteiger partial charge on any atom is -0.363 e. The third-order valence-electron chi connectivity index (χ3n) is 3.91. The number of benzene rings is 1. The van der Waals surface area contributed by atoms with Gasteiger partial charge in [0.15, 0.2) is 0 Å². The average Bonchev–Trinajstić information content (AvgIpc) is 2.39. The van der Waals surface area contributed by atoms with E-state index in [-0.39, 0.29) is 11.7 Å². The lowest BCUT2D eigenvalue weighted by Crippen LogP contribution is -2.37. The number of hydrogen-bond acceptors (Lipinski definition) is 1. The van der Waals surface area contributed by atoms with Crippen LogP contribution in [-0.2, 0) is 4.74 Å². The number of hydrogen-bond donors (Lipinski definition) is 0. The maximum atomic E-state index is 6.30. The zero-order valence-corrected chi connectivity index (χ0v) is 11.4. The highest BCUT2D eigenvalue weighted by Crippen LogP contribution is 2.44. The molecule has 1 aromatic carbocycles. The molecule has 0 aromatic heterocycles. The molecule has 1 saturated heterocycles. The summed E-state index contributed by atoms with van der Waals surface area (Å²) in [7, 11) is 0. The summed E-state index contributed by atoms with van der Waals surface area (Å²) in [4.78, 5) is 0. The number of rotatable bonds is 3. The van der Waals surface area contributed by atoms with Gasteiger partial charge < -0.3 is 4.74 Å². The van der Waals surface area contributed by atoms with Crippen molar-refractivity contribution in [2.24, 2.45) is 5.92 Å². The van der Waals surface area contributed by atoms with E-state index in [0.717, 1.165) is 12.8 Å². The second-order valence-electron chi connectivity index (χ2n) is 5.46. The van der Waals surface area contributed by atoms with Gasteiger partial charge in [0.05, 0.1) is 11.7 Å². The third-order valence-corrected chi connectivity index (χ3v) is 3.91. The molecule has 1 aromatic rings. The highest BCUT2D eigenvalue weighted by molar-refractivity contribution is 5.23. The Labute approximate surface area is 110 Å². The topological polar surface area (TPSA) is 9.23 Å².